The smallest absolute Gasteiger partial charge is 0.298 e. The van der Waals surface area contributed by atoms with E-state index >= 15 is 0 Å². The van der Waals surface area contributed by atoms with Crippen LogP contribution in [-0.4, -0.2) is 11.1 Å². The van der Waals surface area contributed by atoms with E-state index < -0.39 is 5.91 Å². The average Bonchev–Trinajstić information content (AvgIpc) is 3.01. The summed E-state index contributed by atoms with van der Waals surface area (Å²) in [5.74, 6) is 0.0869. The first-order valence-corrected chi connectivity index (χ1v) is 12.4. The quantitative estimate of drug-likeness (QED) is 0.271. The van der Waals surface area contributed by atoms with Crippen LogP contribution in [0, 0.1) is 0 Å². The summed E-state index contributed by atoms with van der Waals surface area (Å²) in [6.45, 7) is 0.351. The number of halogens is 4. The molecule has 2 amide bonds. The van der Waals surface area contributed by atoms with Crippen molar-refractivity contribution in [1.82, 2.24) is 0 Å². The summed E-state index contributed by atoms with van der Waals surface area (Å²) in [6, 6.07) is 17.9. The van der Waals surface area contributed by atoms with E-state index in [1.165, 1.54) is 0 Å². The van der Waals surface area contributed by atoms with Crippen LogP contribution in [0.1, 0.15) is 11.1 Å². The summed E-state index contributed by atoms with van der Waals surface area (Å²) in [6.07, 6.45) is 1.63. The topological polar surface area (TPSA) is 46.6 Å². The molecule has 1 saturated heterocycles. The van der Waals surface area contributed by atoms with Gasteiger partial charge >= 0.3 is 0 Å². The van der Waals surface area contributed by atoms with Crippen LogP contribution >= 0.6 is 66.8 Å². The number of carbonyl (C=O) groups excluding carboxylic acids is 2. The Labute approximate surface area is 215 Å². The molecule has 1 fully saturated rings. The fourth-order valence-corrected chi connectivity index (χ4v) is 5.27. The van der Waals surface area contributed by atoms with Crippen LogP contribution in [0.15, 0.2) is 74.5 Å². The maximum atomic E-state index is 12.9. The molecule has 0 N–H and O–H groups in total. The Morgan fingerprint density at radius 3 is 2.44 bits per heavy atom. The van der Waals surface area contributed by atoms with Crippen molar-refractivity contribution >= 4 is 89.7 Å². The van der Waals surface area contributed by atoms with Gasteiger partial charge in [-0.15, -0.1) is 0 Å². The number of anilines is 1. The van der Waals surface area contributed by atoms with Gasteiger partial charge in [-0.3, -0.25) is 9.59 Å². The van der Waals surface area contributed by atoms with Crippen molar-refractivity contribution in [2.75, 3.05) is 4.90 Å². The minimum atomic E-state index is -0.412. The van der Waals surface area contributed by atoms with E-state index in [0.29, 0.717) is 43.0 Å². The molecule has 1 aliphatic rings. The first-order chi connectivity index (χ1) is 15.3. The first kappa shape index (κ1) is 23.4. The minimum absolute atomic E-state index is 0.293. The lowest BCUT2D eigenvalue weighted by Crippen LogP contribution is -2.27. The number of amides is 2. The van der Waals surface area contributed by atoms with Gasteiger partial charge < -0.3 is 4.74 Å². The third kappa shape index (κ3) is 5.24. The summed E-state index contributed by atoms with van der Waals surface area (Å²) in [4.78, 5) is 26.7. The molecule has 0 unspecified atom stereocenters. The molecule has 0 radical (unpaired) electrons. The predicted octanol–water partition coefficient (Wildman–Crippen LogP) is 8.34. The molecule has 4 nitrogen and oxygen atoms in total. The average molecular weight is 614 g/mol. The molecule has 0 aromatic heterocycles. The number of hydrogen-bond donors (Lipinski definition) is 0. The fraction of sp³-hybridized carbons (Fsp3) is 0.0435. The van der Waals surface area contributed by atoms with E-state index in [0.717, 1.165) is 26.7 Å². The lowest BCUT2D eigenvalue weighted by atomic mass is 10.2. The monoisotopic (exact) mass is 611 g/mol. The van der Waals surface area contributed by atoms with Crippen LogP contribution in [0.2, 0.25) is 10.0 Å². The Bertz CT molecular complexity index is 1230. The molecule has 32 heavy (non-hydrogen) atoms. The van der Waals surface area contributed by atoms with Crippen molar-refractivity contribution in [1.29, 1.82) is 0 Å². The third-order valence-electron chi connectivity index (χ3n) is 4.47. The van der Waals surface area contributed by atoms with Crippen LogP contribution < -0.4 is 9.64 Å². The van der Waals surface area contributed by atoms with Crippen LogP contribution in [0.4, 0.5) is 10.5 Å². The van der Waals surface area contributed by atoms with Crippen molar-refractivity contribution in [3.63, 3.8) is 0 Å². The Morgan fingerprint density at radius 2 is 1.75 bits per heavy atom. The predicted molar refractivity (Wildman–Crippen MR) is 138 cm³/mol. The van der Waals surface area contributed by atoms with Gasteiger partial charge in [0.1, 0.15) is 6.61 Å². The largest absolute Gasteiger partial charge is 0.486 e. The number of nitrogens with zero attached hydrogens (tertiary/aromatic N) is 1. The number of benzene rings is 3. The Morgan fingerprint density at radius 1 is 1.00 bits per heavy atom. The molecule has 9 heteroatoms. The molecule has 162 valence electrons. The van der Waals surface area contributed by atoms with Gasteiger partial charge in [-0.05, 0) is 87.4 Å². The van der Waals surface area contributed by atoms with Gasteiger partial charge in [0.15, 0.2) is 5.75 Å². The molecule has 3 aromatic carbocycles. The molecule has 4 rings (SSSR count). The number of rotatable bonds is 5. The molecule has 0 aliphatic carbocycles. The Balaban J connectivity index is 1.54. The van der Waals surface area contributed by atoms with E-state index in [9.17, 15) is 9.59 Å². The number of thioether (sulfide) groups is 1. The van der Waals surface area contributed by atoms with Gasteiger partial charge in [-0.25, -0.2) is 4.90 Å². The minimum Gasteiger partial charge on any atom is -0.486 e. The number of hydrogen-bond acceptors (Lipinski definition) is 4. The number of carbonyl (C=O) groups is 2. The van der Waals surface area contributed by atoms with Crippen LogP contribution in [-0.2, 0) is 11.4 Å². The highest BCUT2D eigenvalue weighted by Gasteiger charge is 2.36. The van der Waals surface area contributed by atoms with Gasteiger partial charge in [0.25, 0.3) is 11.1 Å². The molecule has 1 heterocycles. The van der Waals surface area contributed by atoms with E-state index in [1.807, 2.05) is 24.3 Å². The van der Waals surface area contributed by atoms with E-state index in [4.69, 9.17) is 27.9 Å². The second-order valence-corrected chi connectivity index (χ2v) is 10.3. The maximum Gasteiger partial charge on any atom is 0.298 e. The lowest BCUT2D eigenvalue weighted by Gasteiger charge is -2.12. The SMILES string of the molecule is O=C1S/C(=C/c2cc(Cl)c(OCc3ccc(Br)cc3)c(Br)c2)C(=O)N1c1cccc(Cl)c1. The van der Waals surface area contributed by atoms with E-state index in [-0.39, 0.29) is 5.24 Å². The molecular formula is C23H13Br2Cl2NO3S. The third-order valence-corrected chi connectivity index (χ3v) is 6.98. The zero-order valence-corrected chi connectivity index (χ0v) is 21.7. The zero-order chi connectivity index (χ0) is 22.8. The number of imide groups is 1. The van der Waals surface area contributed by atoms with Gasteiger partial charge in [0, 0.05) is 9.50 Å². The molecule has 1 aliphatic heterocycles. The van der Waals surface area contributed by atoms with E-state index in [1.54, 1.807) is 42.5 Å². The summed E-state index contributed by atoms with van der Waals surface area (Å²) in [5, 5.41) is 0.444. The van der Waals surface area contributed by atoms with Gasteiger partial charge in [0.2, 0.25) is 0 Å². The van der Waals surface area contributed by atoms with Crippen molar-refractivity contribution in [3.8, 4) is 5.75 Å². The fourth-order valence-electron chi connectivity index (χ4n) is 2.99. The van der Waals surface area contributed by atoms with Gasteiger partial charge in [-0.2, -0.15) is 0 Å². The highest BCUT2D eigenvalue weighted by atomic mass is 79.9. The molecule has 0 saturated carbocycles. The van der Waals surface area contributed by atoms with E-state index in [2.05, 4.69) is 31.9 Å². The van der Waals surface area contributed by atoms with Crippen molar-refractivity contribution in [2.24, 2.45) is 0 Å². The Hall–Kier alpha value is -1.77. The molecule has 0 atom stereocenters. The van der Waals surface area contributed by atoms with Gasteiger partial charge in [0.05, 0.1) is 20.1 Å². The molecule has 0 bridgehead atoms. The van der Waals surface area contributed by atoms with Crippen LogP contribution in [0.3, 0.4) is 0 Å². The second kappa shape index (κ2) is 10.0. The lowest BCUT2D eigenvalue weighted by molar-refractivity contribution is -0.113. The summed E-state index contributed by atoms with van der Waals surface area (Å²) < 4.78 is 7.51. The standard InChI is InChI=1S/C23H13Br2Cl2NO3S/c24-15-6-4-13(5-7-15)12-31-21-18(25)8-14(9-19(21)27)10-20-22(29)28(23(30)32-20)17-3-1-2-16(26)11-17/h1-11H,12H2/b20-10+. The van der Waals surface area contributed by atoms with Gasteiger partial charge in [-0.1, -0.05) is 57.3 Å². The summed E-state index contributed by atoms with van der Waals surface area (Å²) in [5.41, 5.74) is 2.09. The van der Waals surface area contributed by atoms with Crippen LogP contribution in [0.25, 0.3) is 6.08 Å². The maximum absolute atomic E-state index is 12.9. The van der Waals surface area contributed by atoms with Crippen LogP contribution in [0.5, 0.6) is 5.75 Å². The molecule has 0 spiro atoms. The molecule has 3 aromatic rings. The first-order valence-electron chi connectivity index (χ1n) is 9.21. The zero-order valence-electron chi connectivity index (χ0n) is 16.2. The molecular weight excluding hydrogens is 601 g/mol. The Kier molecular flexibility index (Phi) is 7.32. The number of ether oxygens (including phenoxy) is 1. The second-order valence-electron chi connectivity index (χ2n) is 6.73. The highest BCUT2D eigenvalue weighted by molar-refractivity contribution is 9.10. The highest BCUT2D eigenvalue weighted by Crippen LogP contribution is 2.39. The summed E-state index contributed by atoms with van der Waals surface area (Å²) in [7, 11) is 0. The van der Waals surface area contributed by atoms with Crippen molar-refractivity contribution < 1.29 is 14.3 Å². The van der Waals surface area contributed by atoms with Crippen molar-refractivity contribution in [3.05, 3.63) is 95.7 Å². The summed E-state index contributed by atoms with van der Waals surface area (Å²) >= 11 is 20.2. The normalized spacial score (nSPS) is 15.0. The van der Waals surface area contributed by atoms with Crippen molar-refractivity contribution in [2.45, 2.75) is 6.61 Å².